The van der Waals surface area contributed by atoms with E-state index in [9.17, 15) is 8.42 Å². The Hall–Kier alpha value is -2.28. The molecule has 26 heavy (non-hydrogen) atoms. The molecule has 2 rings (SSSR count). The molecule has 0 amide bonds. The Kier molecular flexibility index (Phi) is 6.47. The number of rotatable bonds is 8. The van der Waals surface area contributed by atoms with E-state index >= 15 is 0 Å². The van der Waals surface area contributed by atoms with Crippen LogP contribution in [-0.4, -0.2) is 34.1 Å². The Morgan fingerprint density at radius 3 is 2.46 bits per heavy atom. The topological polar surface area (TPSA) is 71.5 Å². The fraction of sp³-hybridized carbons (Fsp3) is 0.421. The predicted molar refractivity (Wildman–Crippen MR) is 106 cm³/mol. The van der Waals surface area contributed by atoms with Gasteiger partial charge in [0.05, 0.1) is 19.0 Å². The minimum Gasteiger partial charge on any atom is -0.495 e. The van der Waals surface area contributed by atoms with Crippen molar-refractivity contribution in [3.8, 4) is 5.75 Å². The molecule has 1 aromatic carbocycles. The van der Waals surface area contributed by atoms with Crippen molar-refractivity contribution in [3.63, 3.8) is 0 Å². The summed E-state index contributed by atoms with van der Waals surface area (Å²) in [6, 6.07) is 6.87. The molecule has 0 aliphatic heterocycles. The van der Waals surface area contributed by atoms with Gasteiger partial charge in [-0.25, -0.2) is 13.4 Å². The summed E-state index contributed by atoms with van der Waals surface area (Å²) in [6.07, 6.45) is 3.88. The van der Waals surface area contributed by atoms with E-state index in [0.29, 0.717) is 5.75 Å². The van der Waals surface area contributed by atoms with Crippen LogP contribution in [0.2, 0.25) is 0 Å². The first-order valence-corrected chi connectivity index (χ1v) is 10.1. The maximum absolute atomic E-state index is 12.8. The van der Waals surface area contributed by atoms with E-state index in [1.54, 1.807) is 24.4 Å². The van der Waals surface area contributed by atoms with Crippen LogP contribution in [0.15, 0.2) is 35.4 Å². The van der Waals surface area contributed by atoms with Gasteiger partial charge in [0.1, 0.15) is 16.5 Å². The fourth-order valence-corrected chi connectivity index (χ4v) is 3.77. The molecule has 0 aliphatic rings. The molecule has 0 spiro atoms. The molecule has 1 N–H and O–H groups in total. The number of ether oxygens (including phenoxy) is 1. The summed E-state index contributed by atoms with van der Waals surface area (Å²) in [5.41, 5.74) is 2.80. The molecule has 142 valence electrons. The quantitative estimate of drug-likeness (QED) is 0.759. The van der Waals surface area contributed by atoms with E-state index < -0.39 is 10.0 Å². The lowest BCUT2D eigenvalue weighted by atomic mass is 10.1. The molecule has 0 saturated carbocycles. The second-order valence-electron chi connectivity index (χ2n) is 6.37. The highest BCUT2D eigenvalue weighted by Gasteiger charge is 2.21. The molecule has 0 bridgehead atoms. The first-order valence-electron chi connectivity index (χ1n) is 8.63. The minimum atomic E-state index is -3.79. The first kappa shape index (κ1) is 20.0. The fourth-order valence-electron chi connectivity index (χ4n) is 2.52. The van der Waals surface area contributed by atoms with E-state index in [4.69, 9.17) is 4.74 Å². The molecule has 1 aromatic heterocycles. The number of nitrogens with zero attached hydrogens (tertiary/aromatic N) is 2. The van der Waals surface area contributed by atoms with Gasteiger partial charge in [-0.05, 0) is 55.7 Å². The van der Waals surface area contributed by atoms with Crippen LogP contribution in [0.1, 0.15) is 30.9 Å². The van der Waals surface area contributed by atoms with Crippen LogP contribution in [0.5, 0.6) is 5.75 Å². The van der Waals surface area contributed by atoms with Crippen LogP contribution < -0.4 is 14.4 Å². The Labute approximate surface area is 156 Å². The summed E-state index contributed by atoms with van der Waals surface area (Å²) in [5, 5.41) is 0. The standard InChI is InChI=1S/C19H27N3O3S/c1-6-7-10-22(4)16-8-9-19(20-13-16)21-26(23,24)18-12-15(3)14(2)11-17(18)25-5/h8-9,11-13H,6-7,10H2,1-5H3,(H,20,21). The maximum atomic E-state index is 12.8. The molecular formula is C19H27N3O3S. The largest absolute Gasteiger partial charge is 0.495 e. The monoisotopic (exact) mass is 377 g/mol. The van der Waals surface area contributed by atoms with Gasteiger partial charge < -0.3 is 9.64 Å². The van der Waals surface area contributed by atoms with Crippen molar-refractivity contribution in [1.29, 1.82) is 0 Å². The highest BCUT2D eigenvalue weighted by Crippen LogP contribution is 2.28. The Balaban J connectivity index is 2.23. The van der Waals surface area contributed by atoms with Crippen LogP contribution in [-0.2, 0) is 10.0 Å². The smallest absolute Gasteiger partial charge is 0.266 e. The van der Waals surface area contributed by atoms with Gasteiger partial charge in [0.25, 0.3) is 10.0 Å². The molecule has 0 saturated heterocycles. The zero-order chi connectivity index (χ0) is 19.3. The second-order valence-corrected chi connectivity index (χ2v) is 8.02. The molecule has 1 heterocycles. The molecule has 0 aliphatic carbocycles. The van der Waals surface area contributed by atoms with Crippen molar-refractivity contribution in [2.75, 3.05) is 30.3 Å². The van der Waals surface area contributed by atoms with Crippen LogP contribution in [0.25, 0.3) is 0 Å². The first-order chi connectivity index (χ1) is 12.3. The number of anilines is 2. The van der Waals surface area contributed by atoms with Crippen molar-refractivity contribution in [2.24, 2.45) is 0 Å². The van der Waals surface area contributed by atoms with Crippen molar-refractivity contribution in [1.82, 2.24) is 4.98 Å². The van der Waals surface area contributed by atoms with Gasteiger partial charge in [0, 0.05) is 13.6 Å². The number of nitrogens with one attached hydrogen (secondary N) is 1. The van der Waals surface area contributed by atoms with Crippen LogP contribution >= 0.6 is 0 Å². The summed E-state index contributed by atoms with van der Waals surface area (Å²) < 4.78 is 33.3. The number of pyridine rings is 1. The van der Waals surface area contributed by atoms with Gasteiger partial charge in [-0.3, -0.25) is 4.72 Å². The van der Waals surface area contributed by atoms with Crippen LogP contribution in [0, 0.1) is 13.8 Å². The summed E-state index contributed by atoms with van der Waals surface area (Å²) in [6.45, 7) is 6.86. The molecular weight excluding hydrogens is 350 g/mol. The summed E-state index contributed by atoms with van der Waals surface area (Å²) in [7, 11) is -0.337. The minimum absolute atomic E-state index is 0.106. The lowest BCUT2D eigenvalue weighted by Crippen LogP contribution is -2.19. The van der Waals surface area contributed by atoms with Crippen molar-refractivity contribution in [2.45, 2.75) is 38.5 Å². The highest BCUT2D eigenvalue weighted by molar-refractivity contribution is 7.92. The SMILES string of the molecule is CCCCN(C)c1ccc(NS(=O)(=O)c2cc(C)c(C)cc2OC)nc1. The van der Waals surface area contributed by atoms with E-state index in [1.165, 1.54) is 7.11 Å². The number of hydrogen-bond donors (Lipinski definition) is 1. The zero-order valence-electron chi connectivity index (χ0n) is 16.0. The average molecular weight is 378 g/mol. The normalized spacial score (nSPS) is 11.3. The molecule has 0 unspecified atom stereocenters. The van der Waals surface area contributed by atoms with Gasteiger partial charge in [-0.2, -0.15) is 0 Å². The number of aromatic nitrogens is 1. The van der Waals surface area contributed by atoms with Gasteiger partial charge >= 0.3 is 0 Å². The molecule has 6 nitrogen and oxygen atoms in total. The number of unbranched alkanes of at least 4 members (excludes halogenated alkanes) is 1. The van der Waals surface area contributed by atoms with Gasteiger partial charge in [0.2, 0.25) is 0 Å². The lowest BCUT2D eigenvalue weighted by molar-refractivity contribution is 0.402. The van der Waals surface area contributed by atoms with Gasteiger partial charge in [0.15, 0.2) is 0 Å². The van der Waals surface area contributed by atoms with Crippen LogP contribution in [0.3, 0.4) is 0 Å². The molecule has 0 radical (unpaired) electrons. The number of sulfonamides is 1. The van der Waals surface area contributed by atoms with Crippen molar-refractivity contribution in [3.05, 3.63) is 41.6 Å². The number of methoxy groups -OCH3 is 1. The number of benzene rings is 1. The van der Waals surface area contributed by atoms with E-state index in [0.717, 1.165) is 36.2 Å². The highest BCUT2D eigenvalue weighted by atomic mass is 32.2. The van der Waals surface area contributed by atoms with Gasteiger partial charge in [-0.1, -0.05) is 13.3 Å². The third-order valence-electron chi connectivity index (χ3n) is 4.34. The van der Waals surface area contributed by atoms with E-state index in [2.05, 4.69) is 21.5 Å². The van der Waals surface area contributed by atoms with Crippen molar-refractivity contribution < 1.29 is 13.2 Å². The van der Waals surface area contributed by atoms with Crippen molar-refractivity contribution >= 4 is 21.5 Å². The molecule has 7 heteroatoms. The molecule has 0 atom stereocenters. The molecule has 0 fully saturated rings. The lowest BCUT2D eigenvalue weighted by Gasteiger charge is -2.19. The summed E-state index contributed by atoms with van der Waals surface area (Å²) >= 11 is 0. The number of aryl methyl sites for hydroxylation is 2. The van der Waals surface area contributed by atoms with E-state index in [1.807, 2.05) is 27.0 Å². The Morgan fingerprint density at radius 1 is 1.19 bits per heavy atom. The number of hydrogen-bond acceptors (Lipinski definition) is 5. The average Bonchev–Trinajstić information content (AvgIpc) is 2.61. The summed E-state index contributed by atoms with van der Waals surface area (Å²) in [5.74, 6) is 0.592. The third kappa shape index (κ3) is 4.66. The Bertz CT molecular complexity index is 849. The maximum Gasteiger partial charge on any atom is 0.266 e. The van der Waals surface area contributed by atoms with Gasteiger partial charge in [-0.15, -0.1) is 0 Å². The third-order valence-corrected chi connectivity index (χ3v) is 5.72. The predicted octanol–water partition coefficient (Wildman–Crippen LogP) is 3.74. The molecule has 2 aromatic rings. The second kappa shape index (κ2) is 8.40. The Morgan fingerprint density at radius 2 is 1.88 bits per heavy atom. The van der Waals surface area contributed by atoms with Crippen LogP contribution in [0.4, 0.5) is 11.5 Å². The summed E-state index contributed by atoms with van der Waals surface area (Å²) in [4.78, 5) is 6.45. The zero-order valence-corrected chi connectivity index (χ0v) is 16.9. The van der Waals surface area contributed by atoms with E-state index in [-0.39, 0.29) is 10.7 Å².